The summed E-state index contributed by atoms with van der Waals surface area (Å²) in [6.07, 6.45) is 6.70. The third-order valence-corrected chi connectivity index (χ3v) is 1.43. The van der Waals surface area contributed by atoms with Gasteiger partial charge in [0.15, 0.2) is 0 Å². The van der Waals surface area contributed by atoms with E-state index in [1.54, 1.807) is 30.1 Å². The summed E-state index contributed by atoms with van der Waals surface area (Å²) in [4.78, 5) is 16.5. The highest BCUT2D eigenvalue weighted by Gasteiger charge is 2.03. The molecule has 0 bridgehead atoms. The second kappa shape index (κ2) is 8.44. The maximum absolute atomic E-state index is 11.0. The van der Waals surface area contributed by atoms with E-state index in [1.165, 1.54) is 6.21 Å². The van der Waals surface area contributed by atoms with Crippen molar-refractivity contribution in [1.82, 2.24) is 0 Å². The topological polar surface area (TPSA) is 38.7 Å². The van der Waals surface area contributed by atoms with Crippen molar-refractivity contribution in [1.29, 1.82) is 0 Å². The van der Waals surface area contributed by atoms with Crippen molar-refractivity contribution in [2.45, 2.75) is 6.92 Å². The van der Waals surface area contributed by atoms with Gasteiger partial charge < -0.3 is 4.74 Å². The summed E-state index contributed by atoms with van der Waals surface area (Å²) in [5.74, 6) is -0.492. The van der Waals surface area contributed by atoms with Crippen LogP contribution >= 0.6 is 15.9 Å². The van der Waals surface area contributed by atoms with Gasteiger partial charge in [-0.3, -0.25) is 0 Å². The Morgan fingerprint density at radius 3 is 2.79 bits per heavy atom. The zero-order valence-electron chi connectivity index (χ0n) is 7.94. The fourth-order valence-electron chi connectivity index (χ4n) is 0.556. The molecule has 0 heterocycles. The van der Waals surface area contributed by atoms with Gasteiger partial charge in [-0.15, -0.1) is 0 Å². The summed E-state index contributed by atoms with van der Waals surface area (Å²) in [5.41, 5.74) is 0.0966. The molecule has 0 aromatic heterocycles. The number of ether oxygens (including phenoxy) is 1. The maximum atomic E-state index is 11.0. The van der Waals surface area contributed by atoms with Gasteiger partial charge >= 0.3 is 5.97 Å². The molecular formula is C10H12BrNO2. The molecule has 0 unspecified atom stereocenters. The lowest BCUT2D eigenvalue weighted by molar-refractivity contribution is -0.138. The average Bonchev–Trinajstić information content (AvgIpc) is 2.17. The van der Waals surface area contributed by atoms with E-state index >= 15 is 0 Å². The molecule has 0 fully saturated rings. The molecule has 0 aromatic rings. The van der Waals surface area contributed by atoms with Crippen molar-refractivity contribution in [3.05, 3.63) is 35.5 Å². The molecule has 14 heavy (non-hydrogen) atoms. The molecule has 0 aliphatic heterocycles. The summed E-state index contributed by atoms with van der Waals surface area (Å²) in [7, 11) is 0. The van der Waals surface area contributed by atoms with Crippen molar-refractivity contribution >= 4 is 28.1 Å². The Morgan fingerprint density at radius 2 is 2.21 bits per heavy atom. The lowest BCUT2D eigenvalue weighted by Gasteiger charge is -1.98. The van der Waals surface area contributed by atoms with Gasteiger partial charge in [0.2, 0.25) is 0 Å². The fraction of sp³-hybridized carbons (Fsp3) is 0.200. The van der Waals surface area contributed by atoms with E-state index in [2.05, 4.69) is 32.2 Å². The number of hydrogen-bond donors (Lipinski definition) is 0. The standard InChI is InChI=1S/C10H12BrNO2/c1-3-14-10(13)9(2)12-8-6-4-5-7-11/h4-8H,2-3H2,1H3/b6-4-,7-5+,12-8+. The number of allylic oxidation sites excluding steroid dienone is 3. The van der Waals surface area contributed by atoms with Crippen molar-refractivity contribution in [2.75, 3.05) is 6.61 Å². The SMILES string of the molecule is C=C(/N=C/C=C\C=C\Br)C(=O)OCC. The summed E-state index contributed by atoms with van der Waals surface area (Å²) in [5, 5.41) is 0. The molecule has 0 N–H and O–H groups in total. The highest BCUT2D eigenvalue weighted by atomic mass is 79.9. The molecule has 0 atom stereocenters. The molecule has 0 amide bonds. The number of carbonyl (C=O) groups excluding carboxylic acids is 1. The quantitative estimate of drug-likeness (QED) is 0.329. The van der Waals surface area contributed by atoms with Crippen LogP contribution in [0.3, 0.4) is 0 Å². The summed E-state index contributed by atoms with van der Waals surface area (Å²) in [6, 6.07) is 0. The number of hydrogen-bond acceptors (Lipinski definition) is 3. The summed E-state index contributed by atoms with van der Waals surface area (Å²) >= 11 is 3.11. The molecule has 0 aromatic carbocycles. The zero-order chi connectivity index (χ0) is 10.8. The van der Waals surface area contributed by atoms with Crippen LogP contribution in [-0.2, 0) is 9.53 Å². The summed E-state index contributed by atoms with van der Waals surface area (Å²) in [6.45, 7) is 5.52. The van der Waals surface area contributed by atoms with Gasteiger partial charge in [-0.1, -0.05) is 34.7 Å². The first-order valence-electron chi connectivity index (χ1n) is 4.04. The molecule has 3 nitrogen and oxygen atoms in total. The first kappa shape index (κ1) is 12.8. The van der Waals surface area contributed by atoms with Crippen LogP contribution in [0.15, 0.2) is 40.5 Å². The monoisotopic (exact) mass is 257 g/mol. The van der Waals surface area contributed by atoms with Gasteiger partial charge in [-0.2, -0.15) is 0 Å². The van der Waals surface area contributed by atoms with E-state index in [9.17, 15) is 4.79 Å². The molecule has 0 spiro atoms. The van der Waals surface area contributed by atoms with Crippen molar-refractivity contribution in [3.63, 3.8) is 0 Å². The molecular weight excluding hydrogens is 246 g/mol. The minimum atomic E-state index is -0.492. The molecule has 0 aliphatic carbocycles. The van der Waals surface area contributed by atoms with E-state index in [0.717, 1.165) is 0 Å². The Labute approximate surface area is 92.0 Å². The number of esters is 1. The minimum Gasteiger partial charge on any atom is -0.461 e. The van der Waals surface area contributed by atoms with Crippen LogP contribution in [0.2, 0.25) is 0 Å². The van der Waals surface area contributed by atoms with Crippen LogP contribution in [0.5, 0.6) is 0 Å². The number of nitrogens with zero attached hydrogens (tertiary/aromatic N) is 1. The fourth-order valence-corrected chi connectivity index (χ4v) is 0.732. The highest BCUT2D eigenvalue weighted by Crippen LogP contribution is 1.95. The van der Waals surface area contributed by atoms with Crippen molar-refractivity contribution in [2.24, 2.45) is 4.99 Å². The Morgan fingerprint density at radius 1 is 1.50 bits per heavy atom. The van der Waals surface area contributed by atoms with Crippen molar-refractivity contribution < 1.29 is 9.53 Å². The predicted molar refractivity (Wildman–Crippen MR) is 61.5 cm³/mol. The normalized spacial score (nSPS) is 11.6. The molecule has 0 saturated carbocycles. The van der Waals surface area contributed by atoms with Crippen LogP contribution < -0.4 is 0 Å². The van der Waals surface area contributed by atoms with Gasteiger partial charge in [0.1, 0.15) is 5.70 Å². The second-order valence-corrected chi connectivity index (χ2v) is 2.68. The van der Waals surface area contributed by atoms with Gasteiger partial charge in [0, 0.05) is 6.21 Å². The molecule has 0 aliphatic rings. The molecule has 0 rings (SSSR count). The van der Waals surface area contributed by atoms with Crippen LogP contribution in [0.1, 0.15) is 6.92 Å². The minimum absolute atomic E-state index is 0.0966. The third kappa shape index (κ3) is 6.37. The third-order valence-electron chi connectivity index (χ3n) is 1.12. The Kier molecular flexibility index (Phi) is 7.74. The number of halogens is 1. The second-order valence-electron chi connectivity index (χ2n) is 2.15. The Hall–Kier alpha value is -1.16. The van der Waals surface area contributed by atoms with E-state index in [1.807, 2.05) is 0 Å². The zero-order valence-corrected chi connectivity index (χ0v) is 9.53. The highest BCUT2D eigenvalue weighted by molar-refractivity contribution is 9.11. The van der Waals surface area contributed by atoms with E-state index in [-0.39, 0.29) is 5.70 Å². The van der Waals surface area contributed by atoms with E-state index < -0.39 is 5.97 Å². The Balaban J connectivity index is 3.99. The molecule has 0 radical (unpaired) electrons. The van der Waals surface area contributed by atoms with Crippen LogP contribution in [0.25, 0.3) is 0 Å². The van der Waals surface area contributed by atoms with Gasteiger partial charge in [-0.25, -0.2) is 9.79 Å². The lowest BCUT2D eigenvalue weighted by atomic mass is 10.5. The van der Waals surface area contributed by atoms with Crippen LogP contribution in [0, 0.1) is 0 Å². The predicted octanol–water partition coefficient (Wildman–Crippen LogP) is 2.60. The number of carbonyl (C=O) groups is 1. The first-order valence-corrected chi connectivity index (χ1v) is 4.96. The van der Waals surface area contributed by atoms with E-state index in [0.29, 0.717) is 6.61 Å². The van der Waals surface area contributed by atoms with Gasteiger partial charge in [0.25, 0.3) is 0 Å². The average molecular weight is 258 g/mol. The Bertz CT molecular complexity index is 280. The summed E-state index contributed by atoms with van der Waals surface area (Å²) < 4.78 is 4.68. The van der Waals surface area contributed by atoms with Gasteiger partial charge in [0.05, 0.1) is 6.61 Å². The first-order chi connectivity index (χ1) is 6.72. The molecule has 0 saturated heterocycles. The molecule has 76 valence electrons. The van der Waals surface area contributed by atoms with Gasteiger partial charge in [-0.05, 0) is 18.0 Å². The molecule has 4 heteroatoms. The maximum Gasteiger partial charge on any atom is 0.356 e. The smallest absolute Gasteiger partial charge is 0.356 e. The number of rotatable bonds is 5. The largest absolute Gasteiger partial charge is 0.461 e. The van der Waals surface area contributed by atoms with E-state index in [4.69, 9.17) is 0 Å². The number of aliphatic imine (C=N–C) groups is 1. The lowest BCUT2D eigenvalue weighted by Crippen LogP contribution is -2.04. The van der Waals surface area contributed by atoms with Crippen LogP contribution in [-0.4, -0.2) is 18.8 Å². The van der Waals surface area contributed by atoms with Crippen LogP contribution in [0.4, 0.5) is 0 Å². The van der Waals surface area contributed by atoms with Crippen molar-refractivity contribution in [3.8, 4) is 0 Å².